The van der Waals surface area contributed by atoms with E-state index in [4.69, 9.17) is 10.8 Å². The first-order chi connectivity index (χ1) is 6.15. The van der Waals surface area contributed by atoms with Gasteiger partial charge in [-0.25, -0.2) is 4.79 Å². The van der Waals surface area contributed by atoms with Gasteiger partial charge in [0.15, 0.2) is 0 Å². The first kappa shape index (κ1) is 9.05. The highest BCUT2D eigenvalue weighted by atomic mass is 16.5. The number of nitrogens with two attached hydrogens (primary N) is 1. The number of hydrogen-bond donors (Lipinski definition) is 2. The summed E-state index contributed by atoms with van der Waals surface area (Å²) in [5, 5.41) is 8.60. The van der Waals surface area contributed by atoms with Crippen LogP contribution in [0.2, 0.25) is 0 Å². The predicted molar refractivity (Wildman–Crippen MR) is 44.5 cm³/mol. The summed E-state index contributed by atoms with van der Waals surface area (Å²) in [5.41, 5.74) is 5.42. The van der Waals surface area contributed by atoms with Crippen molar-refractivity contribution in [1.82, 2.24) is 0 Å². The van der Waals surface area contributed by atoms with Gasteiger partial charge in [0.05, 0.1) is 5.56 Å². The van der Waals surface area contributed by atoms with E-state index in [0.717, 1.165) is 0 Å². The third-order valence-electron chi connectivity index (χ3n) is 1.44. The second-order valence-corrected chi connectivity index (χ2v) is 2.27. The van der Waals surface area contributed by atoms with Gasteiger partial charge in [-0.15, -0.1) is 0 Å². The fourth-order valence-corrected chi connectivity index (χ4v) is 0.864. The molecule has 13 heavy (non-hydrogen) atoms. The molecule has 0 unspecified atom stereocenters. The number of nitrogen functional groups attached to an aromatic ring is 1. The standard InChI is InChI=1S/C8H7NO4/c9-7-3-5(13-4-10)1-2-6(7)8(11)12/h1-4H,9H2,(H,11,12). The zero-order chi connectivity index (χ0) is 9.84. The number of carboxylic acid groups (broad SMARTS) is 1. The largest absolute Gasteiger partial charge is 0.478 e. The molecule has 0 spiro atoms. The van der Waals surface area contributed by atoms with E-state index in [-0.39, 0.29) is 23.5 Å². The molecule has 1 rings (SSSR count). The van der Waals surface area contributed by atoms with E-state index in [1.165, 1.54) is 18.2 Å². The molecule has 0 aromatic heterocycles. The minimum atomic E-state index is -1.12. The van der Waals surface area contributed by atoms with Crippen molar-refractivity contribution in [1.29, 1.82) is 0 Å². The summed E-state index contributed by atoms with van der Waals surface area (Å²) in [6, 6.07) is 3.91. The molecule has 0 amide bonds. The van der Waals surface area contributed by atoms with E-state index in [1.54, 1.807) is 0 Å². The average Bonchev–Trinajstić information content (AvgIpc) is 2.04. The van der Waals surface area contributed by atoms with Crippen molar-refractivity contribution in [2.45, 2.75) is 0 Å². The molecule has 0 heterocycles. The maximum absolute atomic E-state index is 10.5. The van der Waals surface area contributed by atoms with Crippen LogP contribution in [0, 0.1) is 0 Å². The topological polar surface area (TPSA) is 89.6 Å². The van der Waals surface area contributed by atoms with Crippen molar-refractivity contribution in [3.05, 3.63) is 23.8 Å². The number of rotatable bonds is 3. The minimum absolute atomic E-state index is 0.0155. The number of carbonyl (C=O) groups excluding carboxylic acids is 1. The Morgan fingerprint density at radius 1 is 1.54 bits per heavy atom. The van der Waals surface area contributed by atoms with Crippen LogP contribution in [-0.2, 0) is 4.79 Å². The van der Waals surface area contributed by atoms with Crippen LogP contribution in [0.15, 0.2) is 18.2 Å². The minimum Gasteiger partial charge on any atom is -0.478 e. The summed E-state index contributed by atoms with van der Waals surface area (Å²) in [6.07, 6.45) is 0. The molecule has 0 bridgehead atoms. The molecular formula is C8H7NO4. The Hall–Kier alpha value is -2.04. The monoisotopic (exact) mass is 181 g/mol. The highest BCUT2D eigenvalue weighted by molar-refractivity contribution is 5.93. The molecule has 0 aliphatic rings. The summed E-state index contributed by atoms with van der Waals surface area (Å²) in [4.78, 5) is 20.4. The fourth-order valence-electron chi connectivity index (χ4n) is 0.864. The summed E-state index contributed by atoms with van der Waals surface area (Å²) < 4.78 is 4.47. The van der Waals surface area contributed by atoms with E-state index in [9.17, 15) is 9.59 Å². The Kier molecular flexibility index (Phi) is 2.49. The zero-order valence-corrected chi connectivity index (χ0v) is 6.56. The Bertz CT molecular complexity index is 348. The van der Waals surface area contributed by atoms with E-state index in [2.05, 4.69) is 4.74 Å². The lowest BCUT2D eigenvalue weighted by Crippen LogP contribution is -2.02. The van der Waals surface area contributed by atoms with Crippen molar-refractivity contribution in [2.24, 2.45) is 0 Å². The summed E-state index contributed by atoms with van der Waals surface area (Å²) in [6.45, 7) is 0.245. The van der Waals surface area contributed by atoms with Gasteiger partial charge in [0, 0.05) is 11.8 Å². The van der Waals surface area contributed by atoms with E-state index in [1.807, 2.05) is 0 Å². The Labute approximate surface area is 73.7 Å². The third kappa shape index (κ3) is 1.96. The molecule has 3 N–H and O–H groups in total. The molecular weight excluding hydrogens is 174 g/mol. The average molecular weight is 181 g/mol. The van der Waals surface area contributed by atoms with Crippen LogP contribution >= 0.6 is 0 Å². The van der Waals surface area contributed by atoms with Gasteiger partial charge in [-0.2, -0.15) is 0 Å². The quantitative estimate of drug-likeness (QED) is 0.523. The van der Waals surface area contributed by atoms with Gasteiger partial charge in [0.25, 0.3) is 6.47 Å². The first-order valence-corrected chi connectivity index (χ1v) is 3.38. The molecule has 5 heteroatoms. The smallest absolute Gasteiger partial charge is 0.337 e. The van der Waals surface area contributed by atoms with E-state index in [0.29, 0.717) is 0 Å². The fraction of sp³-hybridized carbons (Fsp3) is 0. The Balaban J connectivity index is 3.05. The van der Waals surface area contributed by atoms with Crippen LogP contribution in [-0.4, -0.2) is 17.5 Å². The molecule has 1 aromatic carbocycles. The first-order valence-electron chi connectivity index (χ1n) is 3.38. The van der Waals surface area contributed by atoms with Crippen LogP contribution in [0.3, 0.4) is 0 Å². The predicted octanol–water partition coefficient (Wildman–Crippen LogP) is 0.502. The molecule has 0 aliphatic heterocycles. The zero-order valence-electron chi connectivity index (χ0n) is 6.56. The molecule has 0 atom stereocenters. The number of aromatic carboxylic acids is 1. The molecule has 0 fully saturated rings. The third-order valence-corrected chi connectivity index (χ3v) is 1.44. The molecule has 0 aliphatic carbocycles. The number of carbonyl (C=O) groups is 2. The van der Waals surface area contributed by atoms with Crippen molar-refractivity contribution in [3.63, 3.8) is 0 Å². The number of benzene rings is 1. The molecule has 68 valence electrons. The van der Waals surface area contributed by atoms with E-state index < -0.39 is 5.97 Å². The van der Waals surface area contributed by atoms with Crippen LogP contribution in [0.4, 0.5) is 5.69 Å². The van der Waals surface area contributed by atoms with Gasteiger partial charge in [0.1, 0.15) is 5.75 Å². The summed E-state index contributed by atoms with van der Waals surface area (Å²) >= 11 is 0. The van der Waals surface area contributed by atoms with Gasteiger partial charge in [0.2, 0.25) is 0 Å². The number of anilines is 1. The normalized spacial score (nSPS) is 9.23. The molecule has 5 nitrogen and oxygen atoms in total. The van der Waals surface area contributed by atoms with Crippen molar-refractivity contribution < 1.29 is 19.4 Å². The van der Waals surface area contributed by atoms with Crippen LogP contribution in [0.25, 0.3) is 0 Å². The molecule has 0 radical (unpaired) electrons. The number of ether oxygens (including phenoxy) is 1. The number of hydrogen-bond acceptors (Lipinski definition) is 4. The van der Waals surface area contributed by atoms with Crippen molar-refractivity contribution >= 4 is 18.1 Å². The molecule has 0 saturated carbocycles. The lowest BCUT2D eigenvalue weighted by Gasteiger charge is -2.02. The Morgan fingerprint density at radius 3 is 2.69 bits per heavy atom. The van der Waals surface area contributed by atoms with Crippen LogP contribution < -0.4 is 10.5 Å². The van der Waals surface area contributed by atoms with Crippen molar-refractivity contribution in [2.75, 3.05) is 5.73 Å². The van der Waals surface area contributed by atoms with Crippen LogP contribution in [0.1, 0.15) is 10.4 Å². The van der Waals surface area contributed by atoms with Gasteiger partial charge < -0.3 is 15.6 Å². The lowest BCUT2D eigenvalue weighted by molar-refractivity contribution is -0.120. The Morgan fingerprint density at radius 2 is 2.23 bits per heavy atom. The maximum atomic E-state index is 10.5. The highest BCUT2D eigenvalue weighted by Crippen LogP contribution is 2.19. The second-order valence-electron chi connectivity index (χ2n) is 2.27. The molecule has 0 saturated heterocycles. The van der Waals surface area contributed by atoms with Gasteiger partial charge >= 0.3 is 5.97 Å². The van der Waals surface area contributed by atoms with E-state index >= 15 is 0 Å². The molecule has 1 aromatic rings. The maximum Gasteiger partial charge on any atom is 0.337 e. The van der Waals surface area contributed by atoms with Crippen molar-refractivity contribution in [3.8, 4) is 5.75 Å². The lowest BCUT2D eigenvalue weighted by atomic mass is 10.2. The second kappa shape index (κ2) is 3.57. The SMILES string of the molecule is Nc1cc(OC=O)ccc1C(=O)O. The highest BCUT2D eigenvalue weighted by Gasteiger charge is 2.07. The van der Waals surface area contributed by atoms with Gasteiger partial charge in [-0.05, 0) is 12.1 Å². The van der Waals surface area contributed by atoms with Gasteiger partial charge in [-0.3, -0.25) is 4.79 Å². The summed E-state index contributed by atoms with van der Waals surface area (Å²) in [5.74, 6) is -0.896. The number of carboxylic acids is 1. The summed E-state index contributed by atoms with van der Waals surface area (Å²) in [7, 11) is 0. The van der Waals surface area contributed by atoms with Gasteiger partial charge in [-0.1, -0.05) is 0 Å². The van der Waals surface area contributed by atoms with Crippen LogP contribution in [0.5, 0.6) is 5.75 Å².